The quantitative estimate of drug-likeness (QED) is 0.585. The molecule has 6 nitrogen and oxygen atoms in total. The van der Waals surface area contributed by atoms with Gasteiger partial charge in [0.1, 0.15) is 17.4 Å². The first-order valence-corrected chi connectivity index (χ1v) is 9.39. The zero-order valence-corrected chi connectivity index (χ0v) is 16.8. The Morgan fingerprint density at radius 3 is 2.67 bits per heavy atom. The minimum Gasteiger partial charge on any atom is -0.440 e. The predicted octanol–water partition coefficient (Wildman–Crippen LogP) is 4.04. The van der Waals surface area contributed by atoms with Gasteiger partial charge in [-0.15, -0.1) is 0 Å². The van der Waals surface area contributed by atoms with Crippen LogP contribution < -0.4 is 10.2 Å². The maximum Gasteiger partial charge on any atom is 0.266 e. The lowest BCUT2D eigenvalue weighted by Gasteiger charge is -2.26. The molecule has 0 atom stereocenters. The molecular weight excluding hydrogens is 410 g/mol. The highest BCUT2D eigenvalue weighted by atomic mass is 79.9. The molecule has 1 amide bonds. The number of ether oxygens (including phenoxy) is 1. The Morgan fingerprint density at radius 1 is 1.26 bits per heavy atom. The average Bonchev–Trinajstić information content (AvgIpc) is 3.03. The Balaban J connectivity index is 1.78. The normalized spacial score (nSPS) is 14.7. The predicted molar refractivity (Wildman–Crippen MR) is 108 cm³/mol. The molecular formula is C20H20BrN3O3. The summed E-state index contributed by atoms with van der Waals surface area (Å²) in [5, 5.41) is 12.2. The van der Waals surface area contributed by atoms with Gasteiger partial charge in [0.25, 0.3) is 5.91 Å². The van der Waals surface area contributed by atoms with Gasteiger partial charge in [-0.2, -0.15) is 5.26 Å². The lowest BCUT2D eigenvalue weighted by Crippen LogP contribution is -2.36. The van der Waals surface area contributed by atoms with E-state index in [0.29, 0.717) is 30.5 Å². The topological polar surface area (TPSA) is 78.5 Å². The molecule has 0 aliphatic carbocycles. The van der Waals surface area contributed by atoms with Crippen LogP contribution in [0, 0.1) is 25.2 Å². The van der Waals surface area contributed by atoms with E-state index in [0.717, 1.165) is 28.7 Å². The number of carbonyl (C=O) groups excluding carboxylic acids is 1. The number of morpholine rings is 1. The Hall–Kier alpha value is -2.56. The summed E-state index contributed by atoms with van der Waals surface area (Å²) >= 11 is 3.48. The van der Waals surface area contributed by atoms with Gasteiger partial charge in [-0.25, -0.2) is 0 Å². The molecule has 0 unspecified atom stereocenters. The first-order valence-electron chi connectivity index (χ1n) is 8.60. The van der Waals surface area contributed by atoms with Gasteiger partial charge in [0, 0.05) is 30.9 Å². The van der Waals surface area contributed by atoms with E-state index in [2.05, 4.69) is 26.1 Å². The summed E-state index contributed by atoms with van der Waals surface area (Å²) in [6, 6.07) is 9.32. The summed E-state index contributed by atoms with van der Waals surface area (Å²) in [5.41, 5.74) is 2.84. The third-order valence-corrected chi connectivity index (χ3v) is 4.97. The van der Waals surface area contributed by atoms with Crippen molar-refractivity contribution in [1.29, 1.82) is 5.26 Å². The Morgan fingerprint density at radius 2 is 2.00 bits per heavy atom. The Labute approximate surface area is 166 Å². The van der Waals surface area contributed by atoms with Crippen LogP contribution in [0.1, 0.15) is 16.9 Å². The number of rotatable bonds is 4. The van der Waals surface area contributed by atoms with Crippen molar-refractivity contribution in [2.24, 2.45) is 0 Å². The Kier molecular flexibility index (Phi) is 5.99. The van der Waals surface area contributed by atoms with Crippen molar-refractivity contribution in [3.63, 3.8) is 0 Å². The second kappa shape index (κ2) is 8.42. The van der Waals surface area contributed by atoms with E-state index in [1.807, 2.05) is 38.1 Å². The van der Waals surface area contributed by atoms with Crippen LogP contribution in [-0.4, -0.2) is 32.2 Å². The second-order valence-corrected chi connectivity index (χ2v) is 7.18. The third-order valence-electron chi connectivity index (χ3n) is 4.40. The summed E-state index contributed by atoms with van der Waals surface area (Å²) in [5.74, 6) is 0.646. The van der Waals surface area contributed by atoms with E-state index in [1.165, 1.54) is 6.08 Å². The molecule has 0 bridgehead atoms. The van der Waals surface area contributed by atoms with Gasteiger partial charge < -0.3 is 19.4 Å². The van der Waals surface area contributed by atoms with Crippen LogP contribution in [-0.2, 0) is 9.53 Å². The fraction of sp³-hybridized carbons (Fsp3) is 0.300. The molecule has 7 heteroatoms. The Bertz CT molecular complexity index is 921. The van der Waals surface area contributed by atoms with Crippen molar-refractivity contribution in [3.05, 3.63) is 51.2 Å². The number of hydrogen-bond donors (Lipinski definition) is 1. The van der Waals surface area contributed by atoms with Crippen molar-refractivity contribution in [1.82, 2.24) is 0 Å². The number of benzene rings is 1. The molecule has 1 aromatic carbocycles. The van der Waals surface area contributed by atoms with Crippen molar-refractivity contribution in [3.8, 4) is 6.07 Å². The SMILES string of the molecule is Cc1ccc(NC(=O)/C(C#N)=C\c2cc(Br)c(N3CCOCC3)o2)cc1C. The number of nitrogens with zero attached hydrogens (tertiary/aromatic N) is 2. The van der Waals surface area contributed by atoms with Gasteiger partial charge in [0.2, 0.25) is 5.88 Å². The molecule has 1 fully saturated rings. The monoisotopic (exact) mass is 429 g/mol. The van der Waals surface area contributed by atoms with E-state index in [9.17, 15) is 10.1 Å². The minimum absolute atomic E-state index is 0.0250. The highest BCUT2D eigenvalue weighted by Gasteiger charge is 2.19. The molecule has 27 heavy (non-hydrogen) atoms. The van der Waals surface area contributed by atoms with Gasteiger partial charge in [-0.3, -0.25) is 4.79 Å². The van der Waals surface area contributed by atoms with E-state index in [-0.39, 0.29) is 5.57 Å². The molecule has 0 saturated carbocycles. The van der Waals surface area contributed by atoms with Crippen LogP contribution in [0.25, 0.3) is 6.08 Å². The van der Waals surface area contributed by atoms with E-state index < -0.39 is 5.91 Å². The third kappa shape index (κ3) is 4.59. The van der Waals surface area contributed by atoms with Crippen LogP contribution >= 0.6 is 15.9 Å². The van der Waals surface area contributed by atoms with Gasteiger partial charge in [-0.05, 0) is 53.0 Å². The van der Waals surface area contributed by atoms with E-state index >= 15 is 0 Å². The highest BCUT2D eigenvalue weighted by molar-refractivity contribution is 9.10. The van der Waals surface area contributed by atoms with Gasteiger partial charge in [0.05, 0.1) is 17.7 Å². The molecule has 0 radical (unpaired) electrons. The van der Waals surface area contributed by atoms with Crippen LogP contribution in [0.3, 0.4) is 0 Å². The van der Waals surface area contributed by atoms with Crippen molar-refractivity contribution < 1.29 is 13.9 Å². The number of furan rings is 1. The fourth-order valence-corrected chi connectivity index (χ4v) is 3.30. The largest absolute Gasteiger partial charge is 0.440 e. The first kappa shape index (κ1) is 19.2. The molecule has 2 heterocycles. The van der Waals surface area contributed by atoms with E-state index in [4.69, 9.17) is 9.15 Å². The second-order valence-electron chi connectivity index (χ2n) is 6.32. The zero-order valence-electron chi connectivity index (χ0n) is 15.2. The number of amides is 1. The maximum absolute atomic E-state index is 12.5. The molecule has 1 aliphatic heterocycles. The lowest BCUT2D eigenvalue weighted by molar-refractivity contribution is -0.112. The van der Waals surface area contributed by atoms with E-state index in [1.54, 1.807) is 6.07 Å². The maximum atomic E-state index is 12.5. The number of hydrogen-bond acceptors (Lipinski definition) is 5. The van der Waals surface area contributed by atoms with Gasteiger partial charge in [0.15, 0.2) is 0 Å². The standard InChI is InChI=1S/C20H20BrN3O3/c1-13-3-4-16(9-14(13)2)23-19(25)15(12-22)10-17-11-18(21)20(27-17)24-5-7-26-8-6-24/h3-4,9-11H,5-8H2,1-2H3,(H,23,25)/b15-10-. The molecule has 1 aromatic heterocycles. The van der Waals surface area contributed by atoms with Crippen molar-refractivity contribution in [2.75, 3.05) is 36.5 Å². The lowest BCUT2D eigenvalue weighted by atomic mass is 10.1. The van der Waals surface area contributed by atoms with Crippen LogP contribution in [0.4, 0.5) is 11.6 Å². The van der Waals surface area contributed by atoms with Crippen molar-refractivity contribution in [2.45, 2.75) is 13.8 Å². The van der Waals surface area contributed by atoms with Crippen LogP contribution in [0.15, 0.2) is 38.7 Å². The molecule has 1 N–H and O–H groups in total. The molecule has 0 spiro atoms. The zero-order chi connectivity index (χ0) is 19.4. The summed E-state index contributed by atoms with van der Waals surface area (Å²) < 4.78 is 12.0. The number of anilines is 2. The first-order chi connectivity index (χ1) is 13.0. The minimum atomic E-state index is -0.471. The molecule has 1 saturated heterocycles. The smallest absolute Gasteiger partial charge is 0.266 e. The highest BCUT2D eigenvalue weighted by Crippen LogP contribution is 2.32. The molecule has 1 aliphatic rings. The average molecular weight is 430 g/mol. The van der Waals surface area contributed by atoms with Crippen molar-refractivity contribution >= 4 is 39.5 Å². The van der Waals surface area contributed by atoms with Gasteiger partial charge >= 0.3 is 0 Å². The number of nitriles is 1. The number of nitrogens with one attached hydrogen (secondary N) is 1. The number of halogens is 1. The summed E-state index contributed by atoms with van der Waals surface area (Å²) in [4.78, 5) is 14.5. The summed E-state index contributed by atoms with van der Waals surface area (Å²) in [6.45, 7) is 6.71. The van der Waals surface area contributed by atoms with Crippen LogP contribution in [0.5, 0.6) is 0 Å². The van der Waals surface area contributed by atoms with Gasteiger partial charge in [-0.1, -0.05) is 6.07 Å². The molecule has 2 aromatic rings. The summed E-state index contributed by atoms with van der Waals surface area (Å²) in [6.07, 6.45) is 1.45. The summed E-state index contributed by atoms with van der Waals surface area (Å²) in [7, 11) is 0. The molecule has 3 rings (SSSR count). The van der Waals surface area contributed by atoms with Crippen LogP contribution in [0.2, 0.25) is 0 Å². The number of carbonyl (C=O) groups is 1. The molecule has 140 valence electrons. The fourth-order valence-electron chi connectivity index (χ4n) is 2.74. The number of aryl methyl sites for hydroxylation is 2.